The third-order valence-corrected chi connectivity index (χ3v) is 13.3. The van der Waals surface area contributed by atoms with Gasteiger partial charge in [0.2, 0.25) is 0 Å². The normalized spacial score (nSPS) is 13.3. The van der Waals surface area contributed by atoms with Gasteiger partial charge in [-0.15, -0.1) is 11.3 Å². The average molecular weight is 734 g/mol. The molecule has 0 radical (unpaired) electrons. The lowest BCUT2D eigenvalue weighted by atomic mass is 9.79. The van der Waals surface area contributed by atoms with E-state index in [1.165, 1.54) is 75.1 Å². The van der Waals surface area contributed by atoms with Crippen molar-refractivity contribution in [2.75, 3.05) is 4.90 Å². The highest BCUT2D eigenvalue weighted by Crippen LogP contribution is 2.52. The lowest BCUT2D eigenvalue weighted by molar-refractivity contribution is 0.662. The number of nitrogens with zero attached hydrogens (tertiary/aromatic N) is 1. The van der Waals surface area contributed by atoms with E-state index in [9.17, 15) is 0 Å². The van der Waals surface area contributed by atoms with Crippen molar-refractivity contribution in [1.29, 1.82) is 0 Å². The Labute approximate surface area is 328 Å². The van der Waals surface area contributed by atoms with E-state index in [1.807, 2.05) is 11.3 Å². The molecule has 2 heterocycles. The first-order valence-electron chi connectivity index (χ1n) is 19.3. The highest BCUT2D eigenvalue weighted by Gasteiger charge is 2.37. The van der Waals surface area contributed by atoms with Crippen LogP contribution in [0.4, 0.5) is 17.1 Å². The number of furan rings is 1. The van der Waals surface area contributed by atoms with Crippen molar-refractivity contribution in [3.8, 4) is 22.3 Å². The van der Waals surface area contributed by atoms with Crippen molar-refractivity contribution in [3.05, 3.63) is 187 Å². The molecule has 0 bridgehead atoms. The minimum Gasteiger partial charge on any atom is -0.455 e. The van der Waals surface area contributed by atoms with Gasteiger partial charge in [0.15, 0.2) is 0 Å². The molecule has 2 aromatic heterocycles. The van der Waals surface area contributed by atoms with Crippen LogP contribution >= 0.6 is 11.3 Å². The predicted octanol–water partition coefficient (Wildman–Crippen LogP) is 15.7. The molecular weight excluding hydrogens is 699 g/mol. The van der Waals surface area contributed by atoms with Crippen molar-refractivity contribution >= 4 is 92.1 Å². The van der Waals surface area contributed by atoms with Gasteiger partial charge in [0.1, 0.15) is 11.2 Å². The topological polar surface area (TPSA) is 16.4 Å². The van der Waals surface area contributed by atoms with Crippen LogP contribution in [-0.4, -0.2) is 0 Å². The first-order valence-corrected chi connectivity index (χ1v) is 20.1. The predicted molar refractivity (Wildman–Crippen MR) is 239 cm³/mol. The number of benzene rings is 9. The van der Waals surface area contributed by atoms with Gasteiger partial charge in [-0.2, -0.15) is 0 Å². The van der Waals surface area contributed by atoms with Crippen LogP contribution in [0, 0.1) is 0 Å². The van der Waals surface area contributed by atoms with E-state index in [1.54, 1.807) is 0 Å². The van der Waals surface area contributed by atoms with E-state index in [-0.39, 0.29) is 5.41 Å². The number of rotatable bonds is 4. The highest BCUT2D eigenvalue weighted by atomic mass is 32.1. The summed E-state index contributed by atoms with van der Waals surface area (Å²) >= 11 is 1.83. The van der Waals surface area contributed by atoms with Crippen molar-refractivity contribution in [2.45, 2.75) is 19.3 Å². The Balaban J connectivity index is 1.05. The SMILES string of the molecule is CC1(C)c2ccccc2-c2cccc(-c3ccc(N(c4ccc5sc6ccc7c8cc9ccccc9cc8oc7c6c5c4)c4cccc5ccccc45)cc3)c21. The summed E-state index contributed by atoms with van der Waals surface area (Å²) in [6, 6.07) is 64.6. The number of hydrogen-bond donors (Lipinski definition) is 0. The third-order valence-electron chi connectivity index (χ3n) is 12.2. The zero-order valence-corrected chi connectivity index (χ0v) is 31.8. The van der Waals surface area contributed by atoms with Crippen molar-refractivity contribution in [1.82, 2.24) is 0 Å². The average Bonchev–Trinajstić information content (AvgIpc) is 3.87. The van der Waals surface area contributed by atoms with Crippen LogP contribution in [0.1, 0.15) is 25.0 Å². The molecule has 264 valence electrons. The minimum atomic E-state index is -0.0897. The fourth-order valence-corrected chi connectivity index (χ4v) is 10.7. The third kappa shape index (κ3) is 4.49. The van der Waals surface area contributed by atoms with Crippen LogP contribution in [0.25, 0.3) is 85.9 Å². The van der Waals surface area contributed by atoms with E-state index in [0.717, 1.165) is 39.0 Å². The maximum Gasteiger partial charge on any atom is 0.144 e. The summed E-state index contributed by atoms with van der Waals surface area (Å²) in [4.78, 5) is 2.43. The van der Waals surface area contributed by atoms with Crippen molar-refractivity contribution in [3.63, 3.8) is 0 Å². The number of hydrogen-bond acceptors (Lipinski definition) is 3. The summed E-state index contributed by atoms with van der Waals surface area (Å²) in [5.74, 6) is 0. The molecular formula is C53H35NOS. The molecule has 56 heavy (non-hydrogen) atoms. The summed E-state index contributed by atoms with van der Waals surface area (Å²) < 4.78 is 9.26. The molecule has 1 aliphatic rings. The molecule has 0 unspecified atom stereocenters. The van der Waals surface area contributed by atoms with Gasteiger partial charge in [-0.1, -0.05) is 129 Å². The van der Waals surface area contributed by atoms with Crippen molar-refractivity contribution in [2.24, 2.45) is 0 Å². The lowest BCUT2D eigenvalue weighted by Crippen LogP contribution is -2.16. The smallest absolute Gasteiger partial charge is 0.144 e. The summed E-state index contributed by atoms with van der Waals surface area (Å²) in [5, 5.41) is 9.54. The second-order valence-corrected chi connectivity index (χ2v) is 16.8. The first kappa shape index (κ1) is 31.6. The fraction of sp³-hybridized carbons (Fsp3) is 0.0566. The van der Waals surface area contributed by atoms with Gasteiger partial charge in [-0.25, -0.2) is 0 Å². The monoisotopic (exact) mass is 733 g/mol. The molecule has 2 nitrogen and oxygen atoms in total. The minimum absolute atomic E-state index is 0.0897. The van der Waals surface area contributed by atoms with Crippen LogP contribution in [0.5, 0.6) is 0 Å². The van der Waals surface area contributed by atoms with Gasteiger partial charge in [0.05, 0.1) is 5.69 Å². The molecule has 0 spiro atoms. The van der Waals surface area contributed by atoms with Gasteiger partial charge in [0.25, 0.3) is 0 Å². The van der Waals surface area contributed by atoms with Crippen molar-refractivity contribution < 1.29 is 4.42 Å². The maximum atomic E-state index is 6.78. The zero-order chi connectivity index (χ0) is 37.1. The Kier molecular flexibility index (Phi) is 6.59. The standard InChI is InChI=1S/C53H35NOS/c1-53(2)45-19-8-7-16-40(45)41-18-10-17-39(51(41)53)33-21-23-36(24-22-33)54(46-20-9-14-32-11-5-6-15-38(32)46)37-25-27-48-44(31-37)50-49(56-48)28-26-42-43-29-34-12-3-4-13-35(34)30-47(43)55-52(42)50/h3-31H,1-2H3. The van der Waals surface area contributed by atoms with Gasteiger partial charge >= 0.3 is 0 Å². The quantitative estimate of drug-likeness (QED) is 0.179. The Morgan fingerprint density at radius 1 is 0.482 bits per heavy atom. The molecule has 11 aromatic rings. The molecule has 9 aromatic carbocycles. The summed E-state index contributed by atoms with van der Waals surface area (Å²) in [7, 11) is 0. The fourth-order valence-electron chi connectivity index (χ4n) is 9.62. The van der Waals surface area contributed by atoms with Crippen LogP contribution < -0.4 is 4.90 Å². The largest absolute Gasteiger partial charge is 0.455 e. The second-order valence-electron chi connectivity index (χ2n) is 15.7. The van der Waals surface area contributed by atoms with E-state index in [4.69, 9.17) is 4.42 Å². The molecule has 12 rings (SSSR count). The van der Waals surface area contributed by atoms with Crippen LogP contribution in [-0.2, 0) is 5.41 Å². The Morgan fingerprint density at radius 2 is 1.16 bits per heavy atom. The Bertz CT molecular complexity index is 3400. The summed E-state index contributed by atoms with van der Waals surface area (Å²) in [6.07, 6.45) is 0. The Hall–Kier alpha value is -6.68. The van der Waals surface area contributed by atoms with Gasteiger partial charge in [-0.3, -0.25) is 0 Å². The molecule has 1 aliphatic carbocycles. The molecule has 0 aliphatic heterocycles. The highest BCUT2D eigenvalue weighted by molar-refractivity contribution is 7.26. The van der Waals surface area contributed by atoms with Crippen LogP contribution in [0.15, 0.2) is 180 Å². The first-order chi connectivity index (χ1) is 27.5. The lowest BCUT2D eigenvalue weighted by Gasteiger charge is -2.28. The Morgan fingerprint density at radius 3 is 2.04 bits per heavy atom. The summed E-state index contributed by atoms with van der Waals surface area (Å²) in [6.45, 7) is 4.73. The van der Waals surface area contributed by atoms with E-state index >= 15 is 0 Å². The number of fused-ring (bicyclic) bond motifs is 12. The maximum absolute atomic E-state index is 6.78. The molecule has 0 atom stereocenters. The van der Waals surface area contributed by atoms with Gasteiger partial charge in [-0.05, 0) is 110 Å². The molecule has 0 N–H and O–H groups in total. The van der Waals surface area contributed by atoms with Gasteiger partial charge < -0.3 is 9.32 Å². The second kappa shape index (κ2) is 11.7. The molecule has 0 saturated carbocycles. The van der Waals surface area contributed by atoms with Gasteiger partial charge in [0, 0.05) is 53.1 Å². The van der Waals surface area contributed by atoms with E-state index in [2.05, 4.69) is 195 Å². The van der Waals surface area contributed by atoms with Crippen LogP contribution in [0.3, 0.4) is 0 Å². The summed E-state index contributed by atoms with van der Waals surface area (Å²) in [5.41, 5.74) is 13.2. The molecule has 3 heteroatoms. The van der Waals surface area contributed by atoms with Crippen LogP contribution in [0.2, 0.25) is 0 Å². The zero-order valence-electron chi connectivity index (χ0n) is 31.0. The number of thiophene rings is 1. The molecule has 0 fully saturated rings. The number of anilines is 3. The van der Waals surface area contributed by atoms with E-state index in [0.29, 0.717) is 0 Å². The van der Waals surface area contributed by atoms with E-state index < -0.39 is 0 Å². The molecule has 0 saturated heterocycles. The molecule has 0 amide bonds.